The van der Waals surface area contributed by atoms with Crippen LogP contribution in [0.2, 0.25) is 0 Å². The average Bonchev–Trinajstić information content (AvgIpc) is 2.47. The number of anilines is 1. The third kappa shape index (κ3) is 2.45. The molecule has 5 nitrogen and oxygen atoms in total. The maximum absolute atomic E-state index is 12.3. The van der Waals surface area contributed by atoms with Gasteiger partial charge in [0.05, 0.1) is 11.9 Å². The lowest BCUT2D eigenvalue weighted by Gasteiger charge is -2.16. The molecule has 0 aromatic carbocycles. The Morgan fingerprint density at radius 1 is 1.21 bits per heavy atom. The molecular weight excluding hydrogens is 240 g/mol. The van der Waals surface area contributed by atoms with Crippen LogP contribution in [0, 0.1) is 0 Å². The van der Waals surface area contributed by atoms with Crippen LogP contribution in [-0.4, -0.2) is 20.9 Å². The van der Waals surface area contributed by atoms with Gasteiger partial charge in [0.15, 0.2) is 0 Å². The normalized spacial score (nSPS) is 13.7. The summed E-state index contributed by atoms with van der Waals surface area (Å²) in [7, 11) is 0. The van der Waals surface area contributed by atoms with Crippen LogP contribution in [-0.2, 0) is 12.8 Å². The zero-order valence-corrected chi connectivity index (χ0v) is 10.5. The van der Waals surface area contributed by atoms with Crippen LogP contribution in [0.25, 0.3) is 0 Å². The largest absolute Gasteiger partial charge is 0.319 e. The zero-order chi connectivity index (χ0) is 13.1. The van der Waals surface area contributed by atoms with E-state index >= 15 is 0 Å². The van der Waals surface area contributed by atoms with E-state index < -0.39 is 0 Å². The second-order valence-electron chi connectivity index (χ2n) is 4.55. The van der Waals surface area contributed by atoms with Gasteiger partial charge in [-0.2, -0.15) is 0 Å². The first-order valence-electron chi connectivity index (χ1n) is 6.39. The lowest BCUT2D eigenvalue weighted by Crippen LogP contribution is -2.20. The van der Waals surface area contributed by atoms with E-state index in [2.05, 4.69) is 20.3 Å². The number of carbonyl (C=O) groups excluding carboxylic acids is 1. The Bertz CT molecular complexity index is 598. The van der Waals surface area contributed by atoms with E-state index in [9.17, 15) is 4.79 Å². The molecule has 2 aromatic heterocycles. The highest BCUT2D eigenvalue weighted by Crippen LogP contribution is 2.21. The number of hydrogen-bond acceptors (Lipinski definition) is 4. The molecule has 1 aliphatic rings. The van der Waals surface area contributed by atoms with Gasteiger partial charge in [0.1, 0.15) is 12.0 Å². The van der Waals surface area contributed by atoms with E-state index in [1.54, 1.807) is 24.5 Å². The molecule has 19 heavy (non-hydrogen) atoms. The molecule has 96 valence electrons. The van der Waals surface area contributed by atoms with Crippen LogP contribution in [0.4, 0.5) is 5.69 Å². The van der Waals surface area contributed by atoms with E-state index in [-0.39, 0.29) is 5.91 Å². The molecule has 1 N–H and O–H groups in total. The Hall–Kier alpha value is -2.30. The number of aromatic nitrogens is 3. The van der Waals surface area contributed by atoms with E-state index in [1.165, 1.54) is 6.33 Å². The molecule has 1 aliphatic carbocycles. The molecule has 0 saturated carbocycles. The van der Waals surface area contributed by atoms with Gasteiger partial charge in [-0.3, -0.25) is 9.78 Å². The summed E-state index contributed by atoms with van der Waals surface area (Å²) < 4.78 is 0. The molecule has 0 spiro atoms. The van der Waals surface area contributed by atoms with Crippen LogP contribution in [0.3, 0.4) is 0 Å². The number of nitrogens with one attached hydrogen (secondary N) is 1. The number of hydrogen-bond donors (Lipinski definition) is 1. The highest BCUT2D eigenvalue weighted by Gasteiger charge is 2.20. The Kier molecular flexibility index (Phi) is 3.18. The predicted octanol–water partition coefficient (Wildman–Crippen LogP) is 2.00. The van der Waals surface area contributed by atoms with Crippen molar-refractivity contribution in [3.8, 4) is 0 Å². The van der Waals surface area contributed by atoms with Crippen molar-refractivity contribution in [3.63, 3.8) is 0 Å². The van der Waals surface area contributed by atoms with Crippen LogP contribution in [0.5, 0.6) is 0 Å². The Morgan fingerprint density at radius 2 is 2.11 bits per heavy atom. The first-order valence-corrected chi connectivity index (χ1v) is 6.39. The quantitative estimate of drug-likeness (QED) is 0.890. The van der Waals surface area contributed by atoms with Crippen molar-refractivity contribution < 1.29 is 4.79 Å². The Labute approximate surface area is 111 Å². The van der Waals surface area contributed by atoms with Crippen molar-refractivity contribution in [2.24, 2.45) is 0 Å². The van der Waals surface area contributed by atoms with Crippen LogP contribution >= 0.6 is 0 Å². The molecule has 0 fully saturated rings. The highest BCUT2D eigenvalue weighted by atomic mass is 16.1. The summed E-state index contributed by atoms with van der Waals surface area (Å²) in [6.07, 6.45) is 8.80. The maximum atomic E-state index is 12.3. The molecule has 0 saturated heterocycles. The number of amides is 1. The Balaban J connectivity index is 1.88. The SMILES string of the molecule is O=C(Nc1cccnc1)c1ncnc2c1CCCC2. The first kappa shape index (κ1) is 11.8. The van der Waals surface area contributed by atoms with E-state index in [4.69, 9.17) is 0 Å². The van der Waals surface area contributed by atoms with Crippen LogP contribution in [0.15, 0.2) is 30.9 Å². The first-order chi connectivity index (χ1) is 9.34. The molecule has 2 aromatic rings. The van der Waals surface area contributed by atoms with Gasteiger partial charge in [-0.15, -0.1) is 0 Å². The zero-order valence-electron chi connectivity index (χ0n) is 10.5. The van der Waals surface area contributed by atoms with Crippen LogP contribution < -0.4 is 5.32 Å². The van der Waals surface area contributed by atoms with E-state index in [1.807, 2.05) is 0 Å². The lowest BCUT2D eigenvalue weighted by atomic mass is 9.94. The average molecular weight is 254 g/mol. The number of aryl methyl sites for hydroxylation is 1. The fraction of sp³-hybridized carbons (Fsp3) is 0.286. The minimum absolute atomic E-state index is 0.187. The van der Waals surface area contributed by atoms with Gasteiger partial charge in [0, 0.05) is 17.5 Å². The minimum Gasteiger partial charge on any atom is -0.319 e. The Morgan fingerprint density at radius 3 is 2.95 bits per heavy atom. The van der Waals surface area contributed by atoms with Gasteiger partial charge in [-0.1, -0.05) is 0 Å². The molecule has 2 heterocycles. The molecule has 5 heteroatoms. The molecule has 0 unspecified atom stereocenters. The van der Waals surface area contributed by atoms with Crippen molar-refractivity contribution >= 4 is 11.6 Å². The summed E-state index contributed by atoms with van der Waals surface area (Å²) >= 11 is 0. The van der Waals surface area contributed by atoms with E-state index in [0.29, 0.717) is 11.4 Å². The van der Waals surface area contributed by atoms with Crippen molar-refractivity contribution in [2.45, 2.75) is 25.7 Å². The van der Waals surface area contributed by atoms with Gasteiger partial charge in [-0.25, -0.2) is 9.97 Å². The summed E-state index contributed by atoms with van der Waals surface area (Å²) in [5.74, 6) is -0.187. The summed E-state index contributed by atoms with van der Waals surface area (Å²) in [4.78, 5) is 24.6. The second kappa shape index (κ2) is 5.14. The number of carbonyl (C=O) groups is 1. The maximum Gasteiger partial charge on any atom is 0.274 e. The fourth-order valence-electron chi connectivity index (χ4n) is 2.34. The second-order valence-corrected chi connectivity index (χ2v) is 4.55. The molecule has 0 aliphatic heterocycles. The van der Waals surface area contributed by atoms with Crippen molar-refractivity contribution in [2.75, 3.05) is 5.32 Å². The predicted molar refractivity (Wildman–Crippen MR) is 70.9 cm³/mol. The molecular formula is C14H14N4O. The summed E-state index contributed by atoms with van der Waals surface area (Å²) in [6, 6.07) is 3.59. The number of rotatable bonds is 2. The third-order valence-corrected chi connectivity index (χ3v) is 3.26. The topological polar surface area (TPSA) is 67.8 Å². The van der Waals surface area contributed by atoms with Crippen molar-refractivity contribution in [3.05, 3.63) is 47.8 Å². The highest BCUT2D eigenvalue weighted by molar-refractivity contribution is 6.03. The number of pyridine rings is 1. The lowest BCUT2D eigenvalue weighted by molar-refractivity contribution is 0.102. The number of nitrogens with zero attached hydrogens (tertiary/aromatic N) is 3. The van der Waals surface area contributed by atoms with E-state index in [0.717, 1.165) is 36.9 Å². The van der Waals surface area contributed by atoms with Gasteiger partial charge in [0.2, 0.25) is 0 Å². The van der Waals surface area contributed by atoms with Crippen molar-refractivity contribution in [1.82, 2.24) is 15.0 Å². The van der Waals surface area contributed by atoms with Crippen LogP contribution in [0.1, 0.15) is 34.6 Å². The van der Waals surface area contributed by atoms with Gasteiger partial charge in [0.25, 0.3) is 5.91 Å². The minimum atomic E-state index is -0.187. The summed E-state index contributed by atoms with van der Waals surface area (Å²) in [6.45, 7) is 0. The third-order valence-electron chi connectivity index (χ3n) is 3.26. The van der Waals surface area contributed by atoms with Gasteiger partial charge >= 0.3 is 0 Å². The standard InChI is InChI=1S/C14H14N4O/c19-14(18-10-4-3-7-15-8-10)13-11-5-1-2-6-12(11)16-9-17-13/h3-4,7-9H,1-2,5-6H2,(H,18,19). The molecule has 3 rings (SSSR count). The smallest absolute Gasteiger partial charge is 0.274 e. The molecule has 1 amide bonds. The fourth-order valence-corrected chi connectivity index (χ4v) is 2.34. The van der Waals surface area contributed by atoms with Gasteiger partial charge < -0.3 is 5.32 Å². The molecule has 0 atom stereocenters. The summed E-state index contributed by atoms with van der Waals surface area (Å²) in [5, 5.41) is 2.82. The molecule has 0 bridgehead atoms. The molecule has 0 radical (unpaired) electrons. The van der Waals surface area contributed by atoms with Gasteiger partial charge in [-0.05, 0) is 37.8 Å². The monoisotopic (exact) mass is 254 g/mol. The number of fused-ring (bicyclic) bond motifs is 1. The summed E-state index contributed by atoms with van der Waals surface area (Å²) in [5.41, 5.74) is 3.18. The van der Waals surface area contributed by atoms with Crippen molar-refractivity contribution in [1.29, 1.82) is 0 Å².